The van der Waals surface area contributed by atoms with Gasteiger partial charge in [0.15, 0.2) is 0 Å². The van der Waals surface area contributed by atoms with Crippen LogP contribution in [0.25, 0.3) is 0 Å². The monoisotopic (exact) mass is 272 g/mol. The van der Waals surface area contributed by atoms with E-state index in [1.165, 1.54) is 0 Å². The quantitative estimate of drug-likeness (QED) is 0.678. The van der Waals surface area contributed by atoms with Crippen LogP contribution < -0.4 is 5.73 Å². The summed E-state index contributed by atoms with van der Waals surface area (Å²) in [5, 5.41) is 0. The molecule has 0 aliphatic heterocycles. The highest BCUT2D eigenvalue weighted by Gasteiger charge is 2.27. The summed E-state index contributed by atoms with van der Waals surface area (Å²) >= 11 is 0. The summed E-state index contributed by atoms with van der Waals surface area (Å²) in [5.41, 5.74) is 5.69. The van der Waals surface area contributed by atoms with Gasteiger partial charge in [0.2, 0.25) is 5.91 Å². The van der Waals surface area contributed by atoms with Gasteiger partial charge in [0, 0.05) is 12.6 Å². The van der Waals surface area contributed by atoms with Crippen LogP contribution in [0.4, 0.5) is 0 Å². The molecule has 0 aliphatic rings. The Morgan fingerprint density at radius 1 is 1.21 bits per heavy atom. The first-order chi connectivity index (χ1) is 8.83. The van der Waals surface area contributed by atoms with Crippen molar-refractivity contribution in [2.45, 2.75) is 47.1 Å². The number of esters is 1. The molecule has 1 unspecified atom stereocenters. The van der Waals surface area contributed by atoms with Gasteiger partial charge in [-0.25, -0.2) is 0 Å². The number of hydrogen-bond acceptors (Lipinski definition) is 4. The molecule has 0 saturated heterocycles. The highest BCUT2D eigenvalue weighted by atomic mass is 16.5. The van der Waals surface area contributed by atoms with Crippen LogP contribution in [0.15, 0.2) is 0 Å². The summed E-state index contributed by atoms with van der Waals surface area (Å²) in [6, 6.07) is -0.0434. The van der Waals surface area contributed by atoms with Crippen molar-refractivity contribution < 1.29 is 14.3 Å². The van der Waals surface area contributed by atoms with Crippen LogP contribution in [0.5, 0.6) is 0 Å². The minimum Gasteiger partial charge on any atom is -0.465 e. The number of rotatable bonds is 8. The van der Waals surface area contributed by atoms with Crippen molar-refractivity contribution in [3.63, 3.8) is 0 Å². The van der Waals surface area contributed by atoms with E-state index < -0.39 is 0 Å². The largest absolute Gasteiger partial charge is 0.465 e. The van der Waals surface area contributed by atoms with Crippen molar-refractivity contribution in [3.05, 3.63) is 0 Å². The summed E-state index contributed by atoms with van der Waals surface area (Å²) in [6.45, 7) is 10.3. The zero-order chi connectivity index (χ0) is 15.0. The average Bonchev–Trinajstić information content (AvgIpc) is 2.32. The highest BCUT2D eigenvalue weighted by Crippen LogP contribution is 2.15. The Morgan fingerprint density at radius 2 is 1.79 bits per heavy atom. The third-order valence-corrected chi connectivity index (χ3v) is 2.90. The number of nitrogens with zero attached hydrogens (tertiary/aromatic N) is 1. The van der Waals surface area contributed by atoms with Gasteiger partial charge in [-0.3, -0.25) is 9.59 Å². The van der Waals surface area contributed by atoms with Crippen LogP contribution in [-0.2, 0) is 14.3 Å². The molecule has 0 radical (unpaired) electrons. The topological polar surface area (TPSA) is 72.6 Å². The fourth-order valence-electron chi connectivity index (χ4n) is 1.96. The fraction of sp³-hybridized carbons (Fsp3) is 0.857. The standard InChI is InChI=1S/C14H28N2O3/c1-6-19-13(17)9-16(11(4)5)14(18)12(8-15)7-10(2)3/h10-12H,6-9,15H2,1-5H3. The summed E-state index contributed by atoms with van der Waals surface area (Å²) in [6.07, 6.45) is 0.737. The number of nitrogens with two attached hydrogens (primary N) is 1. The maximum Gasteiger partial charge on any atom is 0.325 e. The summed E-state index contributed by atoms with van der Waals surface area (Å²) in [7, 11) is 0. The lowest BCUT2D eigenvalue weighted by Gasteiger charge is -2.30. The van der Waals surface area contributed by atoms with E-state index in [-0.39, 0.29) is 30.4 Å². The molecule has 1 atom stereocenters. The smallest absolute Gasteiger partial charge is 0.325 e. The number of carbonyl (C=O) groups is 2. The Balaban J connectivity index is 4.76. The van der Waals surface area contributed by atoms with E-state index in [1.54, 1.807) is 11.8 Å². The first kappa shape index (κ1) is 17.9. The van der Waals surface area contributed by atoms with Gasteiger partial charge in [0.1, 0.15) is 6.54 Å². The van der Waals surface area contributed by atoms with Crippen LogP contribution in [0.1, 0.15) is 41.0 Å². The molecule has 19 heavy (non-hydrogen) atoms. The van der Waals surface area contributed by atoms with Gasteiger partial charge >= 0.3 is 5.97 Å². The van der Waals surface area contributed by atoms with E-state index in [2.05, 4.69) is 13.8 Å². The SMILES string of the molecule is CCOC(=O)CN(C(=O)C(CN)CC(C)C)C(C)C. The third-order valence-electron chi connectivity index (χ3n) is 2.90. The first-order valence-corrected chi connectivity index (χ1v) is 6.99. The fourth-order valence-corrected chi connectivity index (χ4v) is 1.96. The normalized spacial score (nSPS) is 12.6. The number of amides is 1. The van der Waals surface area contributed by atoms with Gasteiger partial charge in [-0.15, -0.1) is 0 Å². The van der Waals surface area contributed by atoms with Crippen molar-refractivity contribution >= 4 is 11.9 Å². The predicted molar refractivity (Wildman–Crippen MR) is 75.5 cm³/mol. The lowest BCUT2D eigenvalue weighted by atomic mass is 9.95. The molecule has 0 fully saturated rings. The Kier molecular flexibility index (Phi) is 8.39. The number of ether oxygens (including phenoxy) is 1. The van der Waals surface area contributed by atoms with Gasteiger partial charge in [0.25, 0.3) is 0 Å². The van der Waals surface area contributed by atoms with Crippen LogP contribution in [0.3, 0.4) is 0 Å². The van der Waals surface area contributed by atoms with Gasteiger partial charge in [-0.05, 0) is 33.1 Å². The molecule has 0 spiro atoms. The van der Waals surface area contributed by atoms with E-state index in [0.29, 0.717) is 19.1 Å². The average molecular weight is 272 g/mol. The number of hydrogen-bond donors (Lipinski definition) is 1. The third kappa shape index (κ3) is 6.57. The summed E-state index contributed by atoms with van der Waals surface area (Å²) in [4.78, 5) is 25.5. The summed E-state index contributed by atoms with van der Waals surface area (Å²) < 4.78 is 4.90. The van der Waals surface area contributed by atoms with Crippen molar-refractivity contribution in [3.8, 4) is 0 Å². The first-order valence-electron chi connectivity index (χ1n) is 6.99. The maximum absolute atomic E-state index is 12.4. The van der Waals surface area contributed by atoms with E-state index in [4.69, 9.17) is 10.5 Å². The second-order valence-corrected chi connectivity index (χ2v) is 5.43. The van der Waals surface area contributed by atoms with Crippen LogP contribution in [0, 0.1) is 11.8 Å². The molecular formula is C14H28N2O3. The molecule has 0 rings (SSSR count). The maximum atomic E-state index is 12.4. The van der Waals surface area contributed by atoms with E-state index in [0.717, 1.165) is 6.42 Å². The van der Waals surface area contributed by atoms with Crippen molar-refractivity contribution in [2.75, 3.05) is 19.7 Å². The van der Waals surface area contributed by atoms with Crippen molar-refractivity contribution in [2.24, 2.45) is 17.6 Å². The Hall–Kier alpha value is -1.10. The molecule has 0 heterocycles. The lowest BCUT2D eigenvalue weighted by molar-refractivity contribution is -0.151. The van der Waals surface area contributed by atoms with Crippen LogP contribution >= 0.6 is 0 Å². The van der Waals surface area contributed by atoms with Gasteiger partial charge in [0.05, 0.1) is 12.5 Å². The molecule has 2 N–H and O–H groups in total. The van der Waals surface area contributed by atoms with Gasteiger partial charge in [-0.2, -0.15) is 0 Å². The molecule has 5 nitrogen and oxygen atoms in total. The van der Waals surface area contributed by atoms with Gasteiger partial charge < -0.3 is 15.4 Å². The summed E-state index contributed by atoms with van der Waals surface area (Å²) in [5.74, 6) is -0.255. The zero-order valence-corrected chi connectivity index (χ0v) is 12.8. The van der Waals surface area contributed by atoms with E-state index >= 15 is 0 Å². The van der Waals surface area contributed by atoms with Crippen molar-refractivity contribution in [1.82, 2.24) is 4.90 Å². The van der Waals surface area contributed by atoms with Gasteiger partial charge in [-0.1, -0.05) is 13.8 Å². The lowest BCUT2D eigenvalue weighted by Crippen LogP contribution is -2.46. The molecule has 0 saturated carbocycles. The van der Waals surface area contributed by atoms with E-state index in [1.807, 2.05) is 13.8 Å². The minimum absolute atomic E-state index is 0.00106. The Bertz CT molecular complexity index is 290. The molecule has 0 aromatic heterocycles. The van der Waals surface area contributed by atoms with Crippen LogP contribution in [-0.4, -0.2) is 42.5 Å². The molecule has 5 heteroatoms. The van der Waals surface area contributed by atoms with Crippen molar-refractivity contribution in [1.29, 1.82) is 0 Å². The van der Waals surface area contributed by atoms with Crippen LogP contribution in [0.2, 0.25) is 0 Å². The predicted octanol–water partition coefficient (Wildman–Crippen LogP) is 1.41. The zero-order valence-electron chi connectivity index (χ0n) is 12.8. The number of carbonyl (C=O) groups excluding carboxylic acids is 2. The highest BCUT2D eigenvalue weighted by molar-refractivity contribution is 5.84. The Labute approximate surface area is 116 Å². The molecule has 0 aromatic carbocycles. The molecule has 0 bridgehead atoms. The molecule has 1 amide bonds. The second kappa shape index (κ2) is 8.91. The Morgan fingerprint density at radius 3 is 2.16 bits per heavy atom. The minimum atomic E-state index is -0.370. The molecule has 112 valence electrons. The second-order valence-electron chi connectivity index (χ2n) is 5.43. The molecular weight excluding hydrogens is 244 g/mol. The molecule has 0 aromatic rings. The molecule has 0 aliphatic carbocycles. The van der Waals surface area contributed by atoms with E-state index in [9.17, 15) is 9.59 Å².